The molecule has 0 aliphatic carbocycles. The number of benzene rings is 3. The van der Waals surface area contributed by atoms with Crippen molar-refractivity contribution in [1.29, 1.82) is 0 Å². The van der Waals surface area contributed by atoms with E-state index in [-0.39, 0.29) is 21.9 Å². The molecular weight excluding hydrogens is 494 g/mol. The molecule has 1 N–H and O–H groups in total. The Labute approximate surface area is 220 Å². The number of carbonyl (C=O) groups excluding carboxylic acids is 2. The molecule has 37 heavy (non-hydrogen) atoms. The van der Waals surface area contributed by atoms with E-state index in [0.29, 0.717) is 35.1 Å². The normalized spacial score (nSPS) is 16.7. The van der Waals surface area contributed by atoms with E-state index in [2.05, 4.69) is 0 Å². The van der Waals surface area contributed by atoms with Gasteiger partial charge >= 0.3 is 0 Å². The molecule has 3 aromatic rings. The van der Waals surface area contributed by atoms with Crippen LogP contribution in [0.5, 0.6) is 17.2 Å². The Kier molecular flexibility index (Phi) is 7.45. The number of carbonyl (C=O) groups is 2. The van der Waals surface area contributed by atoms with Crippen molar-refractivity contribution in [2.45, 2.75) is 26.8 Å². The molecule has 3 aromatic carbocycles. The first kappa shape index (κ1) is 26.1. The zero-order valence-corrected chi connectivity index (χ0v) is 22.1. The van der Waals surface area contributed by atoms with Crippen LogP contribution in [-0.2, 0) is 9.59 Å². The number of hydrogen-bond donors (Lipinski definition) is 1. The molecule has 1 aliphatic heterocycles. The Bertz CT molecular complexity index is 1390. The van der Waals surface area contributed by atoms with E-state index in [4.69, 9.17) is 25.8 Å². The molecule has 1 saturated heterocycles. The molecule has 1 amide bonds. The summed E-state index contributed by atoms with van der Waals surface area (Å²) in [6.07, 6.45) is 0. The summed E-state index contributed by atoms with van der Waals surface area (Å²) in [6, 6.07) is 14.6. The van der Waals surface area contributed by atoms with Gasteiger partial charge in [-0.3, -0.25) is 14.5 Å². The average molecular weight is 522 g/mol. The third kappa shape index (κ3) is 4.87. The summed E-state index contributed by atoms with van der Waals surface area (Å²) >= 11 is 6.30. The number of rotatable bonds is 7. The van der Waals surface area contributed by atoms with Gasteiger partial charge in [-0.15, -0.1) is 0 Å². The molecule has 0 aromatic heterocycles. The predicted molar refractivity (Wildman–Crippen MR) is 143 cm³/mol. The van der Waals surface area contributed by atoms with Gasteiger partial charge in [0.05, 0.1) is 37.5 Å². The summed E-state index contributed by atoms with van der Waals surface area (Å²) in [6.45, 7) is 6.08. The quantitative estimate of drug-likeness (QED) is 0.233. The number of aliphatic hydroxyl groups is 1. The van der Waals surface area contributed by atoms with Crippen LogP contribution in [0.4, 0.5) is 5.69 Å². The molecule has 4 rings (SSSR count). The van der Waals surface area contributed by atoms with Crippen molar-refractivity contribution in [2.24, 2.45) is 0 Å². The number of hydrogen-bond acceptors (Lipinski definition) is 6. The predicted octanol–water partition coefficient (Wildman–Crippen LogP) is 6.00. The number of anilines is 1. The molecule has 1 atom stereocenters. The van der Waals surface area contributed by atoms with Gasteiger partial charge in [-0.2, -0.15) is 0 Å². The van der Waals surface area contributed by atoms with Gasteiger partial charge in [0.25, 0.3) is 11.7 Å². The molecule has 7 nitrogen and oxygen atoms in total. The van der Waals surface area contributed by atoms with Crippen molar-refractivity contribution in [3.8, 4) is 17.2 Å². The van der Waals surface area contributed by atoms with Crippen LogP contribution in [0.15, 0.2) is 60.2 Å². The van der Waals surface area contributed by atoms with E-state index in [1.165, 1.54) is 25.2 Å². The molecule has 1 aliphatic rings. The van der Waals surface area contributed by atoms with Crippen molar-refractivity contribution in [3.05, 3.63) is 87.4 Å². The van der Waals surface area contributed by atoms with E-state index in [1.807, 2.05) is 39.0 Å². The van der Waals surface area contributed by atoms with Gasteiger partial charge < -0.3 is 19.3 Å². The highest BCUT2D eigenvalue weighted by Crippen LogP contribution is 2.45. The standard InChI is InChI=1S/C29H28ClNO6/c1-6-37-24-15-18(7-10-23(24)36-5)26-25(27(32)19-8-9-22(35-4)21(30)14-19)28(33)29(34)31(26)20-12-16(2)11-17(3)13-20/h7-15,26,32H,6H2,1-5H3/b27-25-. The smallest absolute Gasteiger partial charge is 0.300 e. The van der Waals surface area contributed by atoms with Gasteiger partial charge in [0.2, 0.25) is 0 Å². The van der Waals surface area contributed by atoms with E-state index in [0.717, 1.165) is 11.1 Å². The van der Waals surface area contributed by atoms with E-state index >= 15 is 0 Å². The van der Waals surface area contributed by atoms with Crippen LogP contribution in [-0.4, -0.2) is 37.6 Å². The van der Waals surface area contributed by atoms with Gasteiger partial charge in [0, 0.05) is 11.3 Å². The van der Waals surface area contributed by atoms with Crippen LogP contribution < -0.4 is 19.1 Å². The molecule has 0 radical (unpaired) electrons. The fraction of sp³-hybridized carbons (Fsp3) is 0.241. The highest BCUT2D eigenvalue weighted by molar-refractivity contribution is 6.51. The number of amides is 1. The second-order valence-electron chi connectivity index (χ2n) is 8.71. The topological polar surface area (TPSA) is 85.3 Å². The SMILES string of the molecule is CCOc1cc(C2/C(=C(/O)c3ccc(OC)c(Cl)c3)C(=O)C(=O)N2c2cc(C)cc(C)c2)ccc1OC. The number of ether oxygens (including phenoxy) is 3. The van der Waals surface area contributed by atoms with Gasteiger partial charge in [-0.1, -0.05) is 23.7 Å². The monoisotopic (exact) mass is 521 g/mol. The van der Waals surface area contributed by atoms with Crippen molar-refractivity contribution < 1.29 is 28.9 Å². The number of ketones is 1. The fourth-order valence-corrected chi connectivity index (χ4v) is 4.86. The molecule has 8 heteroatoms. The largest absolute Gasteiger partial charge is 0.507 e. The molecule has 192 valence electrons. The number of nitrogens with zero attached hydrogens (tertiary/aromatic N) is 1. The minimum Gasteiger partial charge on any atom is -0.507 e. The van der Waals surface area contributed by atoms with Crippen molar-refractivity contribution in [3.63, 3.8) is 0 Å². The van der Waals surface area contributed by atoms with Crippen LogP contribution in [0.25, 0.3) is 5.76 Å². The first-order chi connectivity index (χ1) is 17.7. The Morgan fingerprint density at radius 2 is 1.57 bits per heavy atom. The summed E-state index contributed by atoms with van der Waals surface area (Å²) in [5.41, 5.74) is 3.21. The van der Waals surface area contributed by atoms with Crippen LogP contribution in [0.2, 0.25) is 5.02 Å². The summed E-state index contributed by atoms with van der Waals surface area (Å²) in [5, 5.41) is 11.7. The lowest BCUT2D eigenvalue weighted by Crippen LogP contribution is -2.29. The first-order valence-electron chi connectivity index (χ1n) is 11.7. The van der Waals surface area contributed by atoms with Crippen LogP contribution >= 0.6 is 11.6 Å². The number of Topliss-reactive ketones (excluding diaryl/α,β-unsaturated/α-hetero) is 1. The Balaban J connectivity index is 1.98. The Morgan fingerprint density at radius 3 is 2.16 bits per heavy atom. The zero-order valence-electron chi connectivity index (χ0n) is 21.3. The molecule has 0 bridgehead atoms. The van der Waals surface area contributed by atoms with Crippen molar-refractivity contribution >= 4 is 34.7 Å². The average Bonchev–Trinajstić information content (AvgIpc) is 3.13. The lowest BCUT2D eigenvalue weighted by atomic mass is 9.94. The van der Waals surface area contributed by atoms with E-state index in [1.54, 1.807) is 30.3 Å². The number of halogens is 1. The van der Waals surface area contributed by atoms with Gasteiger partial charge in [-0.05, 0) is 79.9 Å². The molecular formula is C29H28ClNO6. The number of methoxy groups -OCH3 is 2. The maximum absolute atomic E-state index is 13.5. The lowest BCUT2D eigenvalue weighted by molar-refractivity contribution is -0.132. The summed E-state index contributed by atoms with van der Waals surface area (Å²) in [5.74, 6) is -0.500. The van der Waals surface area contributed by atoms with Crippen LogP contribution in [0.3, 0.4) is 0 Å². The molecule has 1 unspecified atom stereocenters. The second kappa shape index (κ2) is 10.6. The van der Waals surface area contributed by atoms with E-state index in [9.17, 15) is 14.7 Å². The molecule has 1 fully saturated rings. The second-order valence-corrected chi connectivity index (χ2v) is 9.11. The number of aryl methyl sites for hydroxylation is 2. The highest BCUT2D eigenvalue weighted by atomic mass is 35.5. The van der Waals surface area contributed by atoms with Gasteiger partial charge in [-0.25, -0.2) is 0 Å². The lowest BCUT2D eigenvalue weighted by Gasteiger charge is -2.27. The molecule has 1 heterocycles. The summed E-state index contributed by atoms with van der Waals surface area (Å²) < 4.78 is 16.4. The zero-order chi connectivity index (χ0) is 26.9. The summed E-state index contributed by atoms with van der Waals surface area (Å²) in [7, 11) is 3.02. The third-order valence-corrected chi connectivity index (χ3v) is 6.45. The summed E-state index contributed by atoms with van der Waals surface area (Å²) in [4.78, 5) is 28.4. The maximum atomic E-state index is 13.5. The van der Waals surface area contributed by atoms with Crippen molar-refractivity contribution in [2.75, 3.05) is 25.7 Å². The Hall–Kier alpha value is -3.97. The van der Waals surface area contributed by atoms with Gasteiger partial charge in [0.15, 0.2) is 11.5 Å². The van der Waals surface area contributed by atoms with Gasteiger partial charge in [0.1, 0.15) is 11.5 Å². The van der Waals surface area contributed by atoms with Crippen molar-refractivity contribution in [1.82, 2.24) is 0 Å². The minimum absolute atomic E-state index is 0.0574. The van der Waals surface area contributed by atoms with Crippen LogP contribution in [0, 0.1) is 13.8 Å². The molecule has 0 spiro atoms. The first-order valence-corrected chi connectivity index (χ1v) is 12.1. The Morgan fingerprint density at radius 1 is 0.919 bits per heavy atom. The molecule has 0 saturated carbocycles. The fourth-order valence-electron chi connectivity index (χ4n) is 4.60. The number of aliphatic hydroxyl groups excluding tert-OH is 1. The minimum atomic E-state index is -0.924. The highest BCUT2D eigenvalue weighted by Gasteiger charge is 2.47. The van der Waals surface area contributed by atoms with Crippen LogP contribution in [0.1, 0.15) is 35.2 Å². The third-order valence-electron chi connectivity index (χ3n) is 6.16. The maximum Gasteiger partial charge on any atom is 0.300 e. The van der Waals surface area contributed by atoms with E-state index < -0.39 is 17.7 Å².